The van der Waals surface area contributed by atoms with Crippen LogP contribution in [0.1, 0.15) is 30.4 Å². The minimum atomic E-state index is 0.197. The first-order valence-electron chi connectivity index (χ1n) is 10.4. The van der Waals surface area contributed by atoms with Crippen molar-refractivity contribution in [2.45, 2.75) is 32.2 Å². The van der Waals surface area contributed by atoms with E-state index in [-0.39, 0.29) is 5.91 Å². The number of thiocarbonyl (C=S) groups is 1. The van der Waals surface area contributed by atoms with Crippen LogP contribution in [0.2, 0.25) is 0 Å². The van der Waals surface area contributed by atoms with Crippen LogP contribution in [0.25, 0.3) is 0 Å². The largest absolute Gasteiger partial charge is 0.362 e. The lowest BCUT2D eigenvalue weighted by molar-refractivity contribution is -0.117. The lowest BCUT2D eigenvalue weighted by Crippen LogP contribution is -2.34. The first-order chi connectivity index (χ1) is 14.2. The fraction of sp³-hybridized carbons (Fsp3) is 0.391. The third kappa shape index (κ3) is 5.14. The molecule has 29 heavy (non-hydrogen) atoms. The normalized spacial score (nSPS) is 16.6. The average molecular weight is 409 g/mol. The van der Waals surface area contributed by atoms with Crippen LogP contribution >= 0.6 is 12.2 Å². The van der Waals surface area contributed by atoms with Gasteiger partial charge in [0.2, 0.25) is 5.91 Å². The molecule has 0 bridgehead atoms. The van der Waals surface area contributed by atoms with Gasteiger partial charge in [-0.25, -0.2) is 0 Å². The van der Waals surface area contributed by atoms with Crippen LogP contribution in [-0.2, 0) is 17.8 Å². The number of anilines is 2. The summed E-state index contributed by atoms with van der Waals surface area (Å²) in [5.74, 6) is 0.197. The molecule has 4 rings (SSSR count). The molecule has 2 N–H and O–H groups in total. The van der Waals surface area contributed by atoms with E-state index in [1.54, 1.807) is 0 Å². The van der Waals surface area contributed by atoms with Gasteiger partial charge in [0.05, 0.1) is 0 Å². The summed E-state index contributed by atoms with van der Waals surface area (Å²) in [5, 5.41) is 7.17. The molecule has 0 saturated carbocycles. The predicted octanol–water partition coefficient (Wildman–Crippen LogP) is 3.55. The number of amides is 1. The maximum atomic E-state index is 11.9. The van der Waals surface area contributed by atoms with Crippen molar-refractivity contribution in [3.63, 3.8) is 0 Å². The van der Waals surface area contributed by atoms with Crippen LogP contribution < -0.4 is 15.5 Å². The Bertz CT molecular complexity index is 885. The van der Waals surface area contributed by atoms with Crippen molar-refractivity contribution in [2.24, 2.45) is 0 Å². The summed E-state index contributed by atoms with van der Waals surface area (Å²) in [6.45, 7) is 4.87. The van der Waals surface area contributed by atoms with Gasteiger partial charge in [0, 0.05) is 50.5 Å². The molecule has 1 amide bonds. The molecule has 5 nitrogen and oxygen atoms in total. The molecule has 6 heteroatoms. The molecule has 0 spiro atoms. The Kier molecular flexibility index (Phi) is 6.42. The second-order valence-corrected chi connectivity index (χ2v) is 8.14. The number of benzene rings is 2. The molecule has 1 saturated heterocycles. The Labute approximate surface area is 178 Å². The van der Waals surface area contributed by atoms with Crippen LogP contribution in [-0.4, -0.2) is 42.1 Å². The van der Waals surface area contributed by atoms with E-state index in [0.29, 0.717) is 11.5 Å². The minimum Gasteiger partial charge on any atom is -0.362 e. The van der Waals surface area contributed by atoms with Gasteiger partial charge >= 0.3 is 0 Å². The Morgan fingerprint density at radius 3 is 2.72 bits per heavy atom. The highest BCUT2D eigenvalue weighted by Gasteiger charge is 2.21. The van der Waals surface area contributed by atoms with Crippen LogP contribution in [0.5, 0.6) is 0 Å². The number of hydrogen-bond donors (Lipinski definition) is 2. The summed E-state index contributed by atoms with van der Waals surface area (Å²) < 4.78 is 0. The van der Waals surface area contributed by atoms with Gasteiger partial charge in [0.15, 0.2) is 5.11 Å². The van der Waals surface area contributed by atoms with Crippen molar-refractivity contribution in [1.29, 1.82) is 0 Å². The number of hydrogen-bond acceptors (Lipinski definition) is 3. The summed E-state index contributed by atoms with van der Waals surface area (Å²) in [4.78, 5) is 16.3. The van der Waals surface area contributed by atoms with Gasteiger partial charge in [0.1, 0.15) is 0 Å². The number of carbonyl (C=O) groups is 1. The van der Waals surface area contributed by atoms with E-state index >= 15 is 0 Å². The molecule has 152 valence electrons. The molecule has 0 atom stereocenters. The SMILES string of the molecule is O=C1CCCN1c1cccc(NC(=S)NCCCN2CCc3ccccc3C2)c1. The third-order valence-corrected chi connectivity index (χ3v) is 5.88. The van der Waals surface area contributed by atoms with Crippen molar-refractivity contribution in [3.8, 4) is 0 Å². The van der Waals surface area contributed by atoms with Crippen LogP contribution in [0, 0.1) is 0 Å². The molecule has 2 aliphatic rings. The van der Waals surface area contributed by atoms with Gasteiger partial charge in [-0.2, -0.15) is 0 Å². The fourth-order valence-corrected chi connectivity index (χ4v) is 4.32. The van der Waals surface area contributed by atoms with Gasteiger partial charge < -0.3 is 15.5 Å². The topological polar surface area (TPSA) is 47.6 Å². The summed E-state index contributed by atoms with van der Waals surface area (Å²) in [7, 11) is 0. The monoisotopic (exact) mass is 408 g/mol. The Morgan fingerprint density at radius 1 is 1.03 bits per heavy atom. The van der Waals surface area contributed by atoms with Crippen LogP contribution in [0.3, 0.4) is 0 Å². The number of carbonyl (C=O) groups excluding carboxylic acids is 1. The van der Waals surface area contributed by atoms with E-state index in [9.17, 15) is 4.79 Å². The summed E-state index contributed by atoms with van der Waals surface area (Å²) in [6.07, 6.45) is 3.75. The van der Waals surface area contributed by atoms with Crippen molar-refractivity contribution in [3.05, 3.63) is 59.7 Å². The first kappa shape index (κ1) is 19.9. The highest BCUT2D eigenvalue weighted by Crippen LogP contribution is 2.24. The smallest absolute Gasteiger partial charge is 0.227 e. The van der Waals surface area contributed by atoms with E-state index in [4.69, 9.17) is 12.2 Å². The highest BCUT2D eigenvalue weighted by molar-refractivity contribution is 7.80. The second-order valence-electron chi connectivity index (χ2n) is 7.73. The molecule has 0 radical (unpaired) electrons. The average Bonchev–Trinajstić information content (AvgIpc) is 3.17. The van der Waals surface area contributed by atoms with E-state index < -0.39 is 0 Å². The summed E-state index contributed by atoms with van der Waals surface area (Å²) in [5.41, 5.74) is 4.79. The van der Waals surface area contributed by atoms with E-state index in [0.717, 1.165) is 63.4 Å². The zero-order valence-electron chi connectivity index (χ0n) is 16.7. The highest BCUT2D eigenvalue weighted by atomic mass is 32.1. The predicted molar refractivity (Wildman–Crippen MR) is 122 cm³/mol. The van der Waals surface area contributed by atoms with E-state index in [1.807, 2.05) is 29.2 Å². The number of nitrogens with zero attached hydrogens (tertiary/aromatic N) is 2. The quantitative estimate of drug-likeness (QED) is 0.565. The first-order valence-corrected chi connectivity index (χ1v) is 10.8. The maximum absolute atomic E-state index is 11.9. The number of nitrogens with one attached hydrogen (secondary N) is 2. The molecule has 2 aromatic rings. The van der Waals surface area contributed by atoms with Crippen molar-refractivity contribution in [2.75, 3.05) is 36.4 Å². The molecule has 2 aromatic carbocycles. The van der Waals surface area contributed by atoms with Gasteiger partial charge in [-0.3, -0.25) is 9.69 Å². The Hall–Kier alpha value is -2.44. The Balaban J connectivity index is 1.19. The molecular formula is C23H28N4OS. The van der Waals surface area contributed by atoms with Crippen molar-refractivity contribution < 1.29 is 4.79 Å². The van der Waals surface area contributed by atoms with E-state index in [1.165, 1.54) is 11.1 Å². The second kappa shape index (κ2) is 9.37. The lowest BCUT2D eigenvalue weighted by Gasteiger charge is -2.28. The standard InChI is InChI=1S/C23H28N4OS/c28-22-10-4-14-27(22)21-9-3-8-20(16-21)25-23(29)24-12-5-13-26-15-11-18-6-1-2-7-19(18)17-26/h1-3,6-9,16H,4-5,10-15,17H2,(H2,24,25,29). The van der Waals surface area contributed by atoms with Crippen molar-refractivity contribution in [1.82, 2.24) is 10.2 Å². The van der Waals surface area contributed by atoms with Crippen LogP contribution in [0.4, 0.5) is 11.4 Å². The van der Waals surface area contributed by atoms with Gasteiger partial charge in [-0.05, 0) is 60.8 Å². The van der Waals surface area contributed by atoms with E-state index in [2.05, 4.69) is 39.8 Å². The molecule has 2 aliphatic heterocycles. The van der Waals surface area contributed by atoms with Crippen molar-refractivity contribution >= 4 is 34.6 Å². The summed E-state index contributed by atoms with van der Waals surface area (Å²) >= 11 is 5.44. The molecule has 2 heterocycles. The number of fused-ring (bicyclic) bond motifs is 1. The number of rotatable bonds is 6. The van der Waals surface area contributed by atoms with Gasteiger partial charge in [-0.15, -0.1) is 0 Å². The van der Waals surface area contributed by atoms with Crippen LogP contribution in [0.15, 0.2) is 48.5 Å². The molecule has 1 fully saturated rings. The maximum Gasteiger partial charge on any atom is 0.227 e. The van der Waals surface area contributed by atoms with Gasteiger partial charge in [-0.1, -0.05) is 30.3 Å². The Morgan fingerprint density at radius 2 is 1.90 bits per heavy atom. The molecule has 0 aliphatic carbocycles. The fourth-order valence-electron chi connectivity index (χ4n) is 4.10. The zero-order chi connectivity index (χ0) is 20.1. The molecule has 0 aromatic heterocycles. The minimum absolute atomic E-state index is 0.197. The van der Waals surface area contributed by atoms with Gasteiger partial charge in [0.25, 0.3) is 0 Å². The lowest BCUT2D eigenvalue weighted by atomic mass is 10.00. The third-order valence-electron chi connectivity index (χ3n) is 5.64. The molecular weight excluding hydrogens is 380 g/mol. The molecule has 0 unspecified atom stereocenters. The summed E-state index contributed by atoms with van der Waals surface area (Å²) in [6, 6.07) is 16.6. The zero-order valence-corrected chi connectivity index (χ0v) is 17.5.